The van der Waals surface area contributed by atoms with Gasteiger partial charge in [0.2, 0.25) is 0 Å². The van der Waals surface area contributed by atoms with Crippen LogP contribution >= 0.6 is 15.9 Å². The molecule has 24 heavy (non-hydrogen) atoms. The molecular formula is C17H17BrN2O4. The number of hydrogen-bond donors (Lipinski definition) is 2. The summed E-state index contributed by atoms with van der Waals surface area (Å²) >= 11 is 3.37. The zero-order chi connectivity index (χ0) is 17.5. The highest BCUT2D eigenvalue weighted by Crippen LogP contribution is 2.25. The molecule has 0 atom stereocenters. The first-order valence-corrected chi connectivity index (χ1v) is 7.86. The van der Waals surface area contributed by atoms with Crippen LogP contribution in [-0.4, -0.2) is 30.9 Å². The maximum absolute atomic E-state index is 11.7. The fourth-order valence-electron chi connectivity index (χ4n) is 1.92. The second-order valence-corrected chi connectivity index (χ2v) is 5.84. The van der Waals surface area contributed by atoms with E-state index in [0.717, 1.165) is 10.0 Å². The molecule has 6 nitrogen and oxygen atoms in total. The van der Waals surface area contributed by atoms with Gasteiger partial charge in [-0.15, -0.1) is 0 Å². The average molecular weight is 393 g/mol. The number of aromatic hydroxyl groups is 1. The summed E-state index contributed by atoms with van der Waals surface area (Å²) in [4.78, 5) is 11.7. The molecule has 0 bridgehead atoms. The quantitative estimate of drug-likeness (QED) is 0.584. The van der Waals surface area contributed by atoms with Gasteiger partial charge < -0.3 is 14.6 Å². The molecule has 0 radical (unpaired) electrons. The Labute approximate surface area is 148 Å². The molecule has 2 aromatic carbocycles. The zero-order valence-corrected chi connectivity index (χ0v) is 14.8. The maximum Gasteiger partial charge on any atom is 0.277 e. The minimum Gasteiger partial charge on any atom is -0.504 e. The van der Waals surface area contributed by atoms with E-state index in [1.807, 2.05) is 19.1 Å². The molecular weight excluding hydrogens is 376 g/mol. The molecule has 1 amide bonds. The molecule has 0 aliphatic heterocycles. The van der Waals surface area contributed by atoms with E-state index in [-0.39, 0.29) is 18.3 Å². The second kappa shape index (κ2) is 8.35. The van der Waals surface area contributed by atoms with Gasteiger partial charge in [-0.1, -0.05) is 15.9 Å². The Morgan fingerprint density at radius 1 is 1.29 bits per heavy atom. The molecule has 7 heteroatoms. The van der Waals surface area contributed by atoms with Gasteiger partial charge in [0.25, 0.3) is 5.91 Å². The largest absolute Gasteiger partial charge is 0.504 e. The molecule has 2 rings (SSSR count). The van der Waals surface area contributed by atoms with Crippen LogP contribution in [0.2, 0.25) is 0 Å². The number of carbonyl (C=O) groups excluding carboxylic acids is 1. The van der Waals surface area contributed by atoms with E-state index < -0.39 is 0 Å². The topological polar surface area (TPSA) is 80.2 Å². The number of phenolic OH excluding ortho intramolecular Hbond substituents is 1. The fourth-order valence-corrected chi connectivity index (χ4v) is 2.39. The average Bonchev–Trinajstić information content (AvgIpc) is 2.54. The first-order valence-electron chi connectivity index (χ1n) is 7.07. The molecule has 2 N–H and O–H groups in total. The predicted molar refractivity (Wildman–Crippen MR) is 94.8 cm³/mol. The SMILES string of the molecule is COc1ccc(C=NNC(=O)COc2ccc(Br)cc2C)cc1O. The summed E-state index contributed by atoms with van der Waals surface area (Å²) in [7, 11) is 1.47. The lowest BCUT2D eigenvalue weighted by molar-refractivity contribution is -0.123. The van der Waals surface area contributed by atoms with E-state index >= 15 is 0 Å². The summed E-state index contributed by atoms with van der Waals surface area (Å²) in [6.07, 6.45) is 1.42. The van der Waals surface area contributed by atoms with Crippen molar-refractivity contribution in [2.75, 3.05) is 13.7 Å². The number of amides is 1. The Morgan fingerprint density at radius 3 is 2.71 bits per heavy atom. The Balaban J connectivity index is 1.85. The van der Waals surface area contributed by atoms with Crippen LogP contribution in [0.4, 0.5) is 0 Å². The van der Waals surface area contributed by atoms with Crippen molar-refractivity contribution in [3.05, 3.63) is 52.0 Å². The molecule has 0 fully saturated rings. The van der Waals surface area contributed by atoms with Crippen LogP contribution in [-0.2, 0) is 4.79 Å². The van der Waals surface area contributed by atoms with Crippen LogP contribution in [0.25, 0.3) is 0 Å². The summed E-state index contributed by atoms with van der Waals surface area (Å²) in [5, 5.41) is 13.5. The molecule has 126 valence electrons. The molecule has 0 aliphatic carbocycles. The number of phenols is 1. The number of carbonyl (C=O) groups is 1. The number of ether oxygens (including phenoxy) is 2. The third-order valence-corrected chi connectivity index (χ3v) is 3.59. The number of halogens is 1. The van der Waals surface area contributed by atoms with Crippen molar-refractivity contribution >= 4 is 28.1 Å². The van der Waals surface area contributed by atoms with E-state index in [1.54, 1.807) is 18.2 Å². The lowest BCUT2D eigenvalue weighted by atomic mass is 10.2. The van der Waals surface area contributed by atoms with Crippen LogP contribution < -0.4 is 14.9 Å². The van der Waals surface area contributed by atoms with Crippen molar-refractivity contribution in [2.45, 2.75) is 6.92 Å². The van der Waals surface area contributed by atoms with Crippen LogP contribution in [0.5, 0.6) is 17.2 Å². The number of nitrogens with zero attached hydrogens (tertiary/aromatic N) is 1. The van der Waals surface area contributed by atoms with Crippen LogP contribution in [0.15, 0.2) is 46.0 Å². The van der Waals surface area contributed by atoms with E-state index in [1.165, 1.54) is 19.4 Å². The summed E-state index contributed by atoms with van der Waals surface area (Å²) < 4.78 is 11.3. The Bertz CT molecular complexity index is 762. The Kier molecular flexibility index (Phi) is 6.20. The molecule has 0 unspecified atom stereocenters. The van der Waals surface area contributed by atoms with Crippen molar-refractivity contribution in [3.8, 4) is 17.2 Å². The number of hydrazone groups is 1. The smallest absolute Gasteiger partial charge is 0.277 e. The highest BCUT2D eigenvalue weighted by atomic mass is 79.9. The van der Waals surface area contributed by atoms with E-state index in [4.69, 9.17) is 9.47 Å². The number of benzene rings is 2. The van der Waals surface area contributed by atoms with Gasteiger partial charge in [0.1, 0.15) is 5.75 Å². The number of rotatable bonds is 6. The van der Waals surface area contributed by atoms with Crippen molar-refractivity contribution in [1.29, 1.82) is 0 Å². The van der Waals surface area contributed by atoms with Crippen molar-refractivity contribution in [3.63, 3.8) is 0 Å². The van der Waals surface area contributed by atoms with Gasteiger partial charge in [-0.25, -0.2) is 5.43 Å². The normalized spacial score (nSPS) is 10.6. The second-order valence-electron chi connectivity index (χ2n) is 4.92. The molecule has 0 aliphatic rings. The minimum absolute atomic E-state index is 0.00169. The highest BCUT2D eigenvalue weighted by molar-refractivity contribution is 9.10. The first-order chi connectivity index (χ1) is 11.5. The van der Waals surface area contributed by atoms with Gasteiger partial charge in [-0.3, -0.25) is 4.79 Å². The summed E-state index contributed by atoms with van der Waals surface area (Å²) in [6, 6.07) is 10.3. The number of methoxy groups -OCH3 is 1. The molecule has 0 saturated heterocycles. The Morgan fingerprint density at radius 2 is 2.04 bits per heavy atom. The van der Waals surface area contributed by atoms with Gasteiger partial charge in [0.05, 0.1) is 13.3 Å². The third-order valence-electron chi connectivity index (χ3n) is 3.10. The highest BCUT2D eigenvalue weighted by Gasteiger charge is 2.05. The van der Waals surface area contributed by atoms with Crippen LogP contribution in [0.1, 0.15) is 11.1 Å². The van der Waals surface area contributed by atoms with Crippen molar-refractivity contribution in [2.24, 2.45) is 5.10 Å². The van der Waals surface area contributed by atoms with Gasteiger partial charge in [-0.2, -0.15) is 5.10 Å². The molecule has 0 heterocycles. The van der Waals surface area contributed by atoms with E-state index in [2.05, 4.69) is 26.5 Å². The molecule has 0 spiro atoms. The number of hydrogen-bond acceptors (Lipinski definition) is 5. The van der Waals surface area contributed by atoms with Gasteiger partial charge in [0, 0.05) is 4.47 Å². The van der Waals surface area contributed by atoms with Gasteiger partial charge >= 0.3 is 0 Å². The summed E-state index contributed by atoms with van der Waals surface area (Å²) in [6.45, 7) is 1.75. The monoisotopic (exact) mass is 392 g/mol. The van der Waals surface area contributed by atoms with Gasteiger partial charge in [0.15, 0.2) is 18.1 Å². The van der Waals surface area contributed by atoms with Gasteiger partial charge in [-0.05, 0) is 54.4 Å². The fraction of sp³-hybridized carbons (Fsp3) is 0.176. The van der Waals surface area contributed by atoms with E-state index in [0.29, 0.717) is 17.1 Å². The first kappa shape index (κ1) is 17.8. The van der Waals surface area contributed by atoms with Crippen molar-refractivity contribution < 1.29 is 19.4 Å². The molecule has 2 aromatic rings. The molecule has 0 aromatic heterocycles. The van der Waals surface area contributed by atoms with Crippen molar-refractivity contribution in [1.82, 2.24) is 5.43 Å². The zero-order valence-electron chi connectivity index (χ0n) is 13.2. The summed E-state index contributed by atoms with van der Waals surface area (Å²) in [5.41, 5.74) is 3.91. The Hall–Kier alpha value is -2.54. The van der Waals surface area contributed by atoms with E-state index in [9.17, 15) is 9.90 Å². The lowest BCUT2D eigenvalue weighted by Gasteiger charge is -2.08. The molecule has 0 saturated carbocycles. The lowest BCUT2D eigenvalue weighted by Crippen LogP contribution is -2.24. The standard InChI is InChI=1S/C17H17BrN2O4/c1-11-7-13(18)4-6-15(11)24-10-17(22)20-19-9-12-3-5-16(23-2)14(21)8-12/h3-9,21H,10H2,1-2H3,(H,20,22). The minimum atomic E-state index is -0.383. The van der Waals surface area contributed by atoms with Crippen LogP contribution in [0, 0.1) is 6.92 Å². The summed E-state index contributed by atoms with van der Waals surface area (Å²) in [5.74, 6) is 0.625. The predicted octanol–water partition coefficient (Wildman–Crippen LogP) is 3.00. The third kappa shape index (κ3) is 4.99. The van der Waals surface area contributed by atoms with Crippen LogP contribution in [0.3, 0.4) is 0 Å². The number of nitrogens with one attached hydrogen (secondary N) is 1. The maximum atomic E-state index is 11.7. The number of aryl methyl sites for hydroxylation is 1.